The van der Waals surface area contributed by atoms with Gasteiger partial charge in [0, 0.05) is 18.8 Å². The summed E-state index contributed by atoms with van der Waals surface area (Å²) >= 11 is 0. The molecule has 0 spiro atoms. The summed E-state index contributed by atoms with van der Waals surface area (Å²) in [6.07, 6.45) is 2.81. The number of carbonyl (C=O) groups excluding carboxylic acids is 2. The third-order valence-electron chi connectivity index (χ3n) is 3.23. The molecular weight excluding hydrogens is 228 g/mol. The maximum Gasteiger partial charge on any atom is 0.313 e. The molecule has 1 aliphatic rings. The van der Waals surface area contributed by atoms with E-state index >= 15 is 0 Å². The van der Waals surface area contributed by atoms with E-state index in [0.29, 0.717) is 13.1 Å². The summed E-state index contributed by atoms with van der Waals surface area (Å²) in [7, 11) is 0. The smallest absolute Gasteiger partial charge is 0.313 e. The highest BCUT2D eigenvalue weighted by molar-refractivity contribution is 6.39. The minimum atomic E-state index is -0.530. The van der Waals surface area contributed by atoms with Crippen molar-refractivity contribution in [3.8, 4) is 0 Å². The highest BCUT2D eigenvalue weighted by atomic mass is 16.2. The van der Waals surface area contributed by atoms with Crippen LogP contribution in [0.5, 0.6) is 0 Å². The summed E-state index contributed by atoms with van der Waals surface area (Å²) in [5, 5.41) is 2.71. The molecule has 0 radical (unpaired) electrons. The summed E-state index contributed by atoms with van der Waals surface area (Å²) in [6.45, 7) is 3.41. The fourth-order valence-electron chi connectivity index (χ4n) is 2.19. The number of nitrogens with one attached hydrogen (secondary N) is 1. The molecule has 1 fully saturated rings. The van der Waals surface area contributed by atoms with Gasteiger partial charge in [0.05, 0.1) is 0 Å². The van der Waals surface area contributed by atoms with Gasteiger partial charge in [-0.2, -0.15) is 0 Å². The van der Waals surface area contributed by atoms with Crippen LogP contribution in [-0.4, -0.2) is 29.8 Å². The first kappa shape index (κ1) is 12.6. The van der Waals surface area contributed by atoms with Crippen LogP contribution in [0.2, 0.25) is 0 Å². The minimum Gasteiger partial charge on any atom is -0.334 e. The molecule has 2 rings (SSSR count). The second-order valence-corrected chi connectivity index (χ2v) is 4.46. The molecular formula is C14H18N2O2. The highest BCUT2D eigenvalue weighted by Gasteiger charge is 2.24. The molecule has 1 heterocycles. The van der Waals surface area contributed by atoms with Crippen molar-refractivity contribution >= 4 is 17.5 Å². The largest absolute Gasteiger partial charge is 0.334 e. The molecule has 1 N–H and O–H groups in total. The molecule has 1 aliphatic heterocycles. The molecule has 0 saturated carbocycles. The zero-order chi connectivity index (χ0) is 13.0. The maximum absolute atomic E-state index is 11.9. The average Bonchev–Trinajstić information content (AvgIpc) is 2.92. The second kappa shape index (κ2) is 5.67. The fraction of sp³-hybridized carbons (Fsp3) is 0.429. The Hall–Kier alpha value is -1.84. The Kier molecular flexibility index (Phi) is 3.97. The molecule has 4 heteroatoms. The van der Waals surface area contributed by atoms with Crippen LogP contribution in [0.3, 0.4) is 0 Å². The SMILES string of the molecule is CCc1ccccc1NC(=O)C(=O)N1CCCC1. The van der Waals surface area contributed by atoms with Gasteiger partial charge in [0.2, 0.25) is 0 Å². The third kappa shape index (κ3) is 2.70. The molecule has 0 atom stereocenters. The number of carbonyl (C=O) groups is 2. The van der Waals surface area contributed by atoms with E-state index in [-0.39, 0.29) is 0 Å². The Bertz CT molecular complexity index is 451. The van der Waals surface area contributed by atoms with E-state index < -0.39 is 11.8 Å². The first-order chi connectivity index (χ1) is 8.72. The number of amides is 2. The molecule has 0 unspecified atom stereocenters. The summed E-state index contributed by atoms with van der Waals surface area (Å²) in [5.74, 6) is -0.948. The number of aryl methyl sites for hydroxylation is 1. The Morgan fingerprint density at radius 1 is 1.22 bits per heavy atom. The van der Waals surface area contributed by atoms with Gasteiger partial charge in [-0.05, 0) is 30.9 Å². The Morgan fingerprint density at radius 2 is 1.89 bits per heavy atom. The second-order valence-electron chi connectivity index (χ2n) is 4.46. The molecule has 0 aliphatic carbocycles. The number of hydrogen-bond donors (Lipinski definition) is 1. The van der Waals surface area contributed by atoms with Crippen LogP contribution in [0.15, 0.2) is 24.3 Å². The van der Waals surface area contributed by atoms with Gasteiger partial charge in [0.25, 0.3) is 0 Å². The van der Waals surface area contributed by atoms with E-state index in [9.17, 15) is 9.59 Å². The molecule has 1 saturated heterocycles. The molecule has 0 aromatic heterocycles. The quantitative estimate of drug-likeness (QED) is 0.809. The summed E-state index contributed by atoms with van der Waals surface area (Å²) in [4.78, 5) is 25.3. The number of rotatable bonds is 2. The molecule has 1 aromatic rings. The number of benzene rings is 1. The first-order valence-corrected chi connectivity index (χ1v) is 6.40. The predicted octanol–water partition coefficient (Wildman–Crippen LogP) is 1.81. The van der Waals surface area contributed by atoms with Crippen molar-refractivity contribution in [1.29, 1.82) is 0 Å². The van der Waals surface area contributed by atoms with Crippen LogP contribution in [-0.2, 0) is 16.0 Å². The van der Waals surface area contributed by atoms with E-state index in [1.54, 1.807) is 4.90 Å². The minimum absolute atomic E-state index is 0.418. The van der Waals surface area contributed by atoms with Gasteiger partial charge in [-0.25, -0.2) is 0 Å². The Morgan fingerprint density at radius 3 is 2.56 bits per heavy atom. The first-order valence-electron chi connectivity index (χ1n) is 6.40. The Balaban J connectivity index is 2.04. The van der Waals surface area contributed by atoms with Crippen LogP contribution in [0.25, 0.3) is 0 Å². The molecule has 2 amide bonds. The number of para-hydroxylation sites is 1. The van der Waals surface area contributed by atoms with E-state index in [0.717, 1.165) is 30.5 Å². The van der Waals surface area contributed by atoms with E-state index in [2.05, 4.69) is 5.32 Å². The van der Waals surface area contributed by atoms with Gasteiger partial charge >= 0.3 is 11.8 Å². The molecule has 0 bridgehead atoms. The van der Waals surface area contributed by atoms with Crippen LogP contribution in [0.4, 0.5) is 5.69 Å². The lowest BCUT2D eigenvalue weighted by Gasteiger charge is -2.15. The van der Waals surface area contributed by atoms with Crippen LogP contribution >= 0.6 is 0 Å². The maximum atomic E-state index is 11.9. The van der Waals surface area contributed by atoms with Gasteiger partial charge in [-0.15, -0.1) is 0 Å². The Labute approximate surface area is 107 Å². The van der Waals surface area contributed by atoms with Gasteiger partial charge in [0.1, 0.15) is 0 Å². The predicted molar refractivity (Wildman–Crippen MR) is 70.3 cm³/mol. The summed E-state index contributed by atoms with van der Waals surface area (Å²) in [5.41, 5.74) is 1.78. The normalized spacial score (nSPS) is 14.6. The lowest BCUT2D eigenvalue weighted by Crippen LogP contribution is -2.37. The highest BCUT2D eigenvalue weighted by Crippen LogP contribution is 2.16. The lowest BCUT2D eigenvalue weighted by atomic mass is 10.1. The number of nitrogens with zero attached hydrogens (tertiary/aromatic N) is 1. The van der Waals surface area contributed by atoms with Crippen molar-refractivity contribution < 1.29 is 9.59 Å². The molecule has 1 aromatic carbocycles. The number of anilines is 1. The monoisotopic (exact) mass is 246 g/mol. The zero-order valence-electron chi connectivity index (χ0n) is 10.6. The van der Waals surface area contributed by atoms with E-state index in [1.807, 2.05) is 31.2 Å². The van der Waals surface area contributed by atoms with E-state index in [1.165, 1.54) is 0 Å². The molecule has 96 valence electrons. The van der Waals surface area contributed by atoms with Crippen molar-refractivity contribution in [2.45, 2.75) is 26.2 Å². The average molecular weight is 246 g/mol. The van der Waals surface area contributed by atoms with Gasteiger partial charge in [-0.3, -0.25) is 9.59 Å². The molecule has 18 heavy (non-hydrogen) atoms. The van der Waals surface area contributed by atoms with Crippen LogP contribution in [0.1, 0.15) is 25.3 Å². The third-order valence-corrected chi connectivity index (χ3v) is 3.23. The van der Waals surface area contributed by atoms with Crippen molar-refractivity contribution in [2.75, 3.05) is 18.4 Å². The van der Waals surface area contributed by atoms with Crippen LogP contribution in [0, 0.1) is 0 Å². The van der Waals surface area contributed by atoms with Crippen molar-refractivity contribution in [2.24, 2.45) is 0 Å². The lowest BCUT2D eigenvalue weighted by molar-refractivity contribution is -0.142. The topological polar surface area (TPSA) is 49.4 Å². The van der Waals surface area contributed by atoms with Crippen molar-refractivity contribution in [3.63, 3.8) is 0 Å². The number of hydrogen-bond acceptors (Lipinski definition) is 2. The molecule has 4 nitrogen and oxygen atoms in total. The van der Waals surface area contributed by atoms with Crippen molar-refractivity contribution in [1.82, 2.24) is 4.90 Å². The van der Waals surface area contributed by atoms with Crippen LogP contribution < -0.4 is 5.32 Å². The van der Waals surface area contributed by atoms with Gasteiger partial charge < -0.3 is 10.2 Å². The fourth-order valence-corrected chi connectivity index (χ4v) is 2.19. The van der Waals surface area contributed by atoms with Gasteiger partial charge in [0.15, 0.2) is 0 Å². The number of likely N-dealkylation sites (tertiary alicyclic amines) is 1. The standard InChI is InChI=1S/C14H18N2O2/c1-2-11-7-3-4-8-12(11)15-13(17)14(18)16-9-5-6-10-16/h3-4,7-8H,2,5-6,9-10H2,1H3,(H,15,17). The summed E-state index contributed by atoms with van der Waals surface area (Å²) in [6, 6.07) is 7.57. The van der Waals surface area contributed by atoms with E-state index in [4.69, 9.17) is 0 Å². The van der Waals surface area contributed by atoms with Gasteiger partial charge in [-0.1, -0.05) is 25.1 Å². The zero-order valence-corrected chi connectivity index (χ0v) is 10.6. The summed E-state index contributed by atoms with van der Waals surface area (Å²) < 4.78 is 0. The van der Waals surface area contributed by atoms with Crippen molar-refractivity contribution in [3.05, 3.63) is 29.8 Å².